The number of nitrogens with one attached hydrogen (secondary N) is 1. The lowest BCUT2D eigenvalue weighted by Gasteiger charge is -2.22. The topological polar surface area (TPSA) is 21.3 Å². The zero-order valence-electron chi connectivity index (χ0n) is 9.58. The number of hydrogen-bond acceptors (Lipinski definition) is 2. The van der Waals surface area contributed by atoms with Crippen molar-refractivity contribution in [2.24, 2.45) is 0 Å². The second-order valence-corrected chi connectivity index (χ2v) is 5.19. The Balaban J connectivity index is 1.97. The van der Waals surface area contributed by atoms with Gasteiger partial charge in [-0.25, -0.2) is 0 Å². The van der Waals surface area contributed by atoms with Crippen LogP contribution in [-0.4, -0.2) is 25.8 Å². The van der Waals surface area contributed by atoms with Crippen LogP contribution >= 0.6 is 15.9 Å². The minimum absolute atomic E-state index is 0.383. The molecule has 0 aliphatic carbocycles. The van der Waals surface area contributed by atoms with Gasteiger partial charge in [0.25, 0.3) is 0 Å². The predicted octanol–water partition coefficient (Wildman–Crippen LogP) is 2.76. The SMILES string of the molecule is CNC(Cc1ccc(Br)cc1)C1CCCO1. The van der Waals surface area contributed by atoms with Crippen LogP contribution in [-0.2, 0) is 11.2 Å². The first kappa shape index (κ1) is 12.1. The molecular formula is C13H18BrNO. The summed E-state index contributed by atoms with van der Waals surface area (Å²) in [6, 6.07) is 8.96. The molecule has 0 amide bonds. The van der Waals surface area contributed by atoms with Gasteiger partial charge in [-0.05, 0) is 44.0 Å². The fourth-order valence-corrected chi connectivity index (χ4v) is 2.48. The summed E-state index contributed by atoms with van der Waals surface area (Å²) in [6.45, 7) is 0.920. The lowest BCUT2D eigenvalue weighted by molar-refractivity contribution is 0.0808. The number of likely N-dealkylation sites (N-methyl/N-ethyl adjacent to an activating group) is 1. The Labute approximate surface area is 106 Å². The van der Waals surface area contributed by atoms with Crippen molar-refractivity contribution in [2.75, 3.05) is 13.7 Å². The standard InChI is InChI=1S/C13H18BrNO/c1-15-12(13-3-2-8-16-13)9-10-4-6-11(14)7-5-10/h4-7,12-13,15H,2-3,8-9H2,1H3. The van der Waals surface area contributed by atoms with E-state index in [0.29, 0.717) is 12.1 Å². The van der Waals surface area contributed by atoms with Gasteiger partial charge in [0.05, 0.1) is 6.10 Å². The zero-order valence-corrected chi connectivity index (χ0v) is 11.2. The fraction of sp³-hybridized carbons (Fsp3) is 0.538. The van der Waals surface area contributed by atoms with Gasteiger partial charge in [0, 0.05) is 17.1 Å². The molecule has 0 spiro atoms. The van der Waals surface area contributed by atoms with E-state index in [4.69, 9.17) is 4.74 Å². The van der Waals surface area contributed by atoms with Gasteiger partial charge in [-0.15, -0.1) is 0 Å². The van der Waals surface area contributed by atoms with Crippen LogP contribution in [0, 0.1) is 0 Å². The van der Waals surface area contributed by atoms with Gasteiger partial charge in [-0.2, -0.15) is 0 Å². The maximum absolute atomic E-state index is 5.73. The Kier molecular flexibility index (Phi) is 4.38. The monoisotopic (exact) mass is 283 g/mol. The molecule has 2 rings (SSSR count). The Morgan fingerprint density at radius 2 is 2.19 bits per heavy atom. The molecule has 2 atom stereocenters. The van der Waals surface area contributed by atoms with Crippen molar-refractivity contribution in [1.82, 2.24) is 5.32 Å². The molecule has 1 heterocycles. The van der Waals surface area contributed by atoms with Gasteiger partial charge >= 0.3 is 0 Å². The molecule has 1 N–H and O–H groups in total. The molecule has 16 heavy (non-hydrogen) atoms. The third kappa shape index (κ3) is 3.06. The van der Waals surface area contributed by atoms with E-state index < -0.39 is 0 Å². The highest BCUT2D eigenvalue weighted by Gasteiger charge is 2.24. The van der Waals surface area contributed by atoms with Crippen molar-refractivity contribution in [3.63, 3.8) is 0 Å². The fourth-order valence-electron chi connectivity index (χ4n) is 2.21. The minimum Gasteiger partial charge on any atom is -0.377 e. The molecule has 0 radical (unpaired) electrons. The molecule has 1 aliphatic rings. The summed E-state index contributed by atoms with van der Waals surface area (Å²) in [5.41, 5.74) is 1.36. The van der Waals surface area contributed by atoms with Gasteiger partial charge in [0.2, 0.25) is 0 Å². The zero-order chi connectivity index (χ0) is 11.4. The number of rotatable bonds is 4. The summed E-state index contributed by atoms with van der Waals surface area (Å²) in [5.74, 6) is 0. The first-order valence-electron chi connectivity index (χ1n) is 5.83. The molecule has 1 aliphatic heterocycles. The molecule has 1 saturated heterocycles. The van der Waals surface area contributed by atoms with Crippen LogP contribution < -0.4 is 5.32 Å². The second kappa shape index (κ2) is 5.80. The molecule has 0 saturated carbocycles. The number of ether oxygens (including phenoxy) is 1. The maximum atomic E-state index is 5.73. The third-order valence-electron chi connectivity index (χ3n) is 3.15. The van der Waals surface area contributed by atoms with Crippen LogP contribution in [0.5, 0.6) is 0 Å². The average molecular weight is 284 g/mol. The summed E-state index contributed by atoms with van der Waals surface area (Å²) >= 11 is 3.45. The van der Waals surface area contributed by atoms with Gasteiger partial charge in [-0.3, -0.25) is 0 Å². The highest BCUT2D eigenvalue weighted by molar-refractivity contribution is 9.10. The first-order chi connectivity index (χ1) is 7.79. The van der Waals surface area contributed by atoms with Gasteiger partial charge in [0.15, 0.2) is 0 Å². The summed E-state index contributed by atoms with van der Waals surface area (Å²) in [5, 5.41) is 3.37. The van der Waals surface area contributed by atoms with E-state index in [1.165, 1.54) is 18.4 Å². The molecule has 1 fully saturated rings. The van der Waals surface area contributed by atoms with E-state index in [-0.39, 0.29) is 0 Å². The van der Waals surface area contributed by atoms with Gasteiger partial charge in [0.1, 0.15) is 0 Å². The molecule has 0 bridgehead atoms. The van der Waals surface area contributed by atoms with Crippen LogP contribution in [0.25, 0.3) is 0 Å². The van der Waals surface area contributed by atoms with E-state index >= 15 is 0 Å². The molecule has 2 nitrogen and oxygen atoms in total. The lowest BCUT2D eigenvalue weighted by atomic mass is 10.00. The first-order valence-corrected chi connectivity index (χ1v) is 6.62. The number of benzene rings is 1. The Hall–Kier alpha value is -0.380. The van der Waals surface area contributed by atoms with E-state index in [1.807, 2.05) is 7.05 Å². The quantitative estimate of drug-likeness (QED) is 0.918. The van der Waals surface area contributed by atoms with E-state index in [9.17, 15) is 0 Å². The summed E-state index contributed by atoms with van der Waals surface area (Å²) in [6.07, 6.45) is 3.80. The van der Waals surface area contributed by atoms with Crippen molar-refractivity contribution >= 4 is 15.9 Å². The van der Waals surface area contributed by atoms with E-state index in [0.717, 1.165) is 17.5 Å². The molecule has 1 aromatic carbocycles. The van der Waals surface area contributed by atoms with Crippen molar-refractivity contribution in [3.05, 3.63) is 34.3 Å². The normalized spacial score (nSPS) is 22.2. The number of hydrogen-bond donors (Lipinski definition) is 1. The lowest BCUT2D eigenvalue weighted by Crippen LogP contribution is -2.39. The molecule has 88 valence electrons. The van der Waals surface area contributed by atoms with Gasteiger partial charge in [-0.1, -0.05) is 28.1 Å². The highest BCUT2D eigenvalue weighted by Crippen LogP contribution is 2.19. The molecule has 3 heteroatoms. The van der Waals surface area contributed by atoms with Crippen molar-refractivity contribution in [3.8, 4) is 0 Å². The highest BCUT2D eigenvalue weighted by atomic mass is 79.9. The molecule has 2 unspecified atom stereocenters. The molecule has 1 aromatic rings. The van der Waals surface area contributed by atoms with Crippen LogP contribution in [0.15, 0.2) is 28.7 Å². The Morgan fingerprint density at radius 1 is 1.44 bits per heavy atom. The van der Waals surface area contributed by atoms with E-state index in [1.54, 1.807) is 0 Å². The number of halogens is 1. The second-order valence-electron chi connectivity index (χ2n) is 4.28. The Bertz CT molecular complexity index is 319. The van der Waals surface area contributed by atoms with Crippen LogP contribution in [0.3, 0.4) is 0 Å². The molecule has 0 aromatic heterocycles. The van der Waals surface area contributed by atoms with Crippen molar-refractivity contribution in [2.45, 2.75) is 31.4 Å². The van der Waals surface area contributed by atoms with Crippen LogP contribution in [0.1, 0.15) is 18.4 Å². The molecular weight excluding hydrogens is 266 g/mol. The van der Waals surface area contributed by atoms with Crippen LogP contribution in [0.4, 0.5) is 0 Å². The maximum Gasteiger partial charge on any atom is 0.0732 e. The predicted molar refractivity (Wildman–Crippen MR) is 69.7 cm³/mol. The van der Waals surface area contributed by atoms with Gasteiger partial charge < -0.3 is 10.1 Å². The smallest absolute Gasteiger partial charge is 0.0732 e. The largest absolute Gasteiger partial charge is 0.377 e. The third-order valence-corrected chi connectivity index (χ3v) is 3.68. The van der Waals surface area contributed by atoms with Crippen LogP contribution in [0.2, 0.25) is 0 Å². The van der Waals surface area contributed by atoms with Crippen molar-refractivity contribution in [1.29, 1.82) is 0 Å². The summed E-state index contributed by atoms with van der Waals surface area (Å²) in [7, 11) is 2.02. The summed E-state index contributed by atoms with van der Waals surface area (Å²) < 4.78 is 6.86. The van der Waals surface area contributed by atoms with Crippen molar-refractivity contribution < 1.29 is 4.74 Å². The minimum atomic E-state index is 0.383. The van der Waals surface area contributed by atoms with E-state index in [2.05, 4.69) is 45.5 Å². The Morgan fingerprint density at radius 3 is 2.75 bits per heavy atom. The average Bonchev–Trinajstić information content (AvgIpc) is 2.82. The summed E-state index contributed by atoms with van der Waals surface area (Å²) in [4.78, 5) is 0.